The predicted octanol–water partition coefficient (Wildman–Crippen LogP) is 1.12. The van der Waals surface area contributed by atoms with Crippen molar-refractivity contribution in [1.82, 2.24) is 25.2 Å². The molecule has 0 saturated heterocycles. The molecular weight excluding hydrogens is 226 g/mol. The van der Waals surface area contributed by atoms with Crippen LogP contribution in [0.4, 0.5) is 0 Å². The average molecular weight is 251 g/mol. The summed E-state index contributed by atoms with van der Waals surface area (Å²) in [7, 11) is 4.14. The first-order valence-electron chi connectivity index (χ1n) is 7.00. The quantitative estimate of drug-likeness (QED) is 0.789. The summed E-state index contributed by atoms with van der Waals surface area (Å²) >= 11 is 0. The highest BCUT2D eigenvalue weighted by Gasteiger charge is 2.16. The Morgan fingerprint density at radius 3 is 2.94 bits per heavy atom. The third-order valence-electron chi connectivity index (χ3n) is 3.70. The highest BCUT2D eigenvalue weighted by molar-refractivity contribution is 4.91. The zero-order valence-corrected chi connectivity index (χ0v) is 11.6. The number of likely N-dealkylation sites (N-methyl/N-ethyl adjacent to an activating group) is 1. The summed E-state index contributed by atoms with van der Waals surface area (Å²) in [6.07, 6.45) is 7.71. The lowest BCUT2D eigenvalue weighted by atomic mass is 10.1. The zero-order chi connectivity index (χ0) is 12.8. The number of hydrogen-bond acceptors (Lipinski definition) is 4. The molecule has 0 unspecified atom stereocenters. The molecular formula is C13H25N5. The summed E-state index contributed by atoms with van der Waals surface area (Å²) in [5.41, 5.74) is 1.01. The SMILES string of the molecule is CNCc1cn(CCN(C)CC2CCCC2)nn1. The van der Waals surface area contributed by atoms with Gasteiger partial charge in [0.05, 0.1) is 12.2 Å². The highest BCUT2D eigenvalue weighted by atomic mass is 15.4. The molecule has 0 aliphatic heterocycles. The first kappa shape index (κ1) is 13.5. The van der Waals surface area contributed by atoms with Crippen molar-refractivity contribution >= 4 is 0 Å². The van der Waals surface area contributed by atoms with E-state index in [1.807, 2.05) is 17.9 Å². The molecule has 0 bridgehead atoms. The van der Waals surface area contributed by atoms with Gasteiger partial charge >= 0.3 is 0 Å². The van der Waals surface area contributed by atoms with E-state index in [-0.39, 0.29) is 0 Å². The van der Waals surface area contributed by atoms with Gasteiger partial charge < -0.3 is 10.2 Å². The smallest absolute Gasteiger partial charge is 0.0964 e. The molecule has 0 atom stereocenters. The Labute approximate surface area is 110 Å². The minimum absolute atomic E-state index is 0.790. The first-order chi connectivity index (χ1) is 8.78. The van der Waals surface area contributed by atoms with Crippen molar-refractivity contribution in [1.29, 1.82) is 0 Å². The van der Waals surface area contributed by atoms with Crippen LogP contribution in [0.5, 0.6) is 0 Å². The second-order valence-corrected chi connectivity index (χ2v) is 5.42. The van der Waals surface area contributed by atoms with Crippen molar-refractivity contribution in [2.45, 2.75) is 38.8 Å². The molecule has 1 aliphatic carbocycles. The van der Waals surface area contributed by atoms with Gasteiger partial charge in [-0.3, -0.25) is 4.68 Å². The molecule has 1 aromatic heterocycles. The first-order valence-corrected chi connectivity index (χ1v) is 7.00. The van der Waals surface area contributed by atoms with Crippen LogP contribution in [0.15, 0.2) is 6.20 Å². The molecule has 0 amide bonds. The summed E-state index contributed by atoms with van der Waals surface area (Å²) in [6, 6.07) is 0. The maximum atomic E-state index is 4.14. The van der Waals surface area contributed by atoms with Gasteiger partial charge in [0.2, 0.25) is 0 Å². The lowest BCUT2D eigenvalue weighted by Gasteiger charge is -2.20. The number of hydrogen-bond donors (Lipinski definition) is 1. The maximum Gasteiger partial charge on any atom is 0.0964 e. The molecule has 1 aliphatic rings. The Balaban J connectivity index is 1.69. The third kappa shape index (κ3) is 4.07. The number of nitrogens with zero attached hydrogens (tertiary/aromatic N) is 4. The van der Waals surface area contributed by atoms with E-state index in [1.54, 1.807) is 0 Å². The van der Waals surface area contributed by atoms with Gasteiger partial charge in [-0.2, -0.15) is 0 Å². The van der Waals surface area contributed by atoms with E-state index in [4.69, 9.17) is 0 Å². The van der Waals surface area contributed by atoms with Gasteiger partial charge in [-0.05, 0) is 32.9 Å². The summed E-state index contributed by atoms with van der Waals surface area (Å²) in [5.74, 6) is 0.922. The van der Waals surface area contributed by atoms with Crippen LogP contribution in [0.1, 0.15) is 31.4 Å². The zero-order valence-electron chi connectivity index (χ0n) is 11.6. The van der Waals surface area contributed by atoms with Crippen molar-refractivity contribution in [2.75, 3.05) is 27.2 Å². The van der Waals surface area contributed by atoms with Gasteiger partial charge in [-0.25, -0.2) is 0 Å². The van der Waals surface area contributed by atoms with Crippen molar-refractivity contribution < 1.29 is 0 Å². The van der Waals surface area contributed by atoms with Gasteiger partial charge in [0.25, 0.3) is 0 Å². The Bertz CT molecular complexity index is 343. The fourth-order valence-corrected chi connectivity index (χ4v) is 2.71. The van der Waals surface area contributed by atoms with Crippen LogP contribution in [0.3, 0.4) is 0 Å². The van der Waals surface area contributed by atoms with Crippen molar-refractivity contribution in [3.8, 4) is 0 Å². The summed E-state index contributed by atoms with van der Waals surface area (Å²) in [6.45, 7) is 4.01. The third-order valence-corrected chi connectivity index (χ3v) is 3.70. The lowest BCUT2D eigenvalue weighted by Crippen LogP contribution is -2.28. The second kappa shape index (κ2) is 6.85. The van der Waals surface area contributed by atoms with Gasteiger partial charge in [-0.15, -0.1) is 5.10 Å². The van der Waals surface area contributed by atoms with Crippen molar-refractivity contribution in [3.05, 3.63) is 11.9 Å². The standard InChI is InChI=1S/C13H25N5/c1-14-9-13-11-18(16-15-13)8-7-17(2)10-12-5-3-4-6-12/h11-12,14H,3-10H2,1-2H3. The molecule has 0 radical (unpaired) electrons. The van der Waals surface area contributed by atoms with Crippen molar-refractivity contribution in [3.63, 3.8) is 0 Å². The van der Waals surface area contributed by atoms with Crippen LogP contribution in [0.2, 0.25) is 0 Å². The topological polar surface area (TPSA) is 46.0 Å². The molecule has 102 valence electrons. The molecule has 1 saturated carbocycles. The monoisotopic (exact) mass is 251 g/mol. The van der Waals surface area contributed by atoms with Crippen LogP contribution in [-0.2, 0) is 13.1 Å². The summed E-state index contributed by atoms with van der Waals surface area (Å²) < 4.78 is 1.94. The van der Waals surface area contributed by atoms with Crippen LogP contribution < -0.4 is 5.32 Å². The fourth-order valence-electron chi connectivity index (χ4n) is 2.71. The Morgan fingerprint density at radius 2 is 2.22 bits per heavy atom. The van der Waals surface area contributed by atoms with Gasteiger partial charge in [-0.1, -0.05) is 18.1 Å². The Kier molecular flexibility index (Phi) is 5.13. The predicted molar refractivity (Wildman–Crippen MR) is 72.2 cm³/mol. The van der Waals surface area contributed by atoms with E-state index in [9.17, 15) is 0 Å². The van der Waals surface area contributed by atoms with E-state index in [1.165, 1.54) is 32.2 Å². The van der Waals surface area contributed by atoms with E-state index in [2.05, 4.69) is 27.6 Å². The number of aromatic nitrogens is 3. The summed E-state index contributed by atoms with van der Waals surface area (Å²) in [5, 5.41) is 11.3. The van der Waals surface area contributed by atoms with Gasteiger partial charge in [0.15, 0.2) is 0 Å². The van der Waals surface area contributed by atoms with E-state index < -0.39 is 0 Å². The number of rotatable bonds is 7. The normalized spacial score (nSPS) is 16.8. The molecule has 5 nitrogen and oxygen atoms in total. The Hall–Kier alpha value is -0.940. The molecule has 2 rings (SSSR count). The van der Waals surface area contributed by atoms with E-state index in [0.717, 1.165) is 31.2 Å². The molecule has 0 aromatic carbocycles. The Morgan fingerprint density at radius 1 is 1.44 bits per heavy atom. The second-order valence-electron chi connectivity index (χ2n) is 5.42. The van der Waals surface area contributed by atoms with E-state index in [0.29, 0.717) is 0 Å². The highest BCUT2D eigenvalue weighted by Crippen LogP contribution is 2.24. The number of nitrogens with one attached hydrogen (secondary N) is 1. The molecule has 5 heteroatoms. The molecule has 0 spiro atoms. The van der Waals surface area contributed by atoms with Crippen LogP contribution >= 0.6 is 0 Å². The van der Waals surface area contributed by atoms with Crippen LogP contribution in [-0.4, -0.2) is 47.1 Å². The maximum absolute atomic E-state index is 4.14. The molecule has 1 heterocycles. The largest absolute Gasteiger partial charge is 0.314 e. The van der Waals surface area contributed by atoms with E-state index >= 15 is 0 Å². The molecule has 1 fully saturated rings. The van der Waals surface area contributed by atoms with Crippen molar-refractivity contribution in [2.24, 2.45) is 5.92 Å². The van der Waals surface area contributed by atoms with Crippen LogP contribution in [0.25, 0.3) is 0 Å². The minimum atomic E-state index is 0.790. The molecule has 18 heavy (non-hydrogen) atoms. The van der Waals surface area contributed by atoms with Gasteiger partial charge in [0.1, 0.15) is 0 Å². The molecule has 1 N–H and O–H groups in total. The van der Waals surface area contributed by atoms with Gasteiger partial charge in [0, 0.05) is 25.8 Å². The fraction of sp³-hybridized carbons (Fsp3) is 0.846. The lowest BCUT2D eigenvalue weighted by molar-refractivity contribution is 0.263. The molecule has 1 aromatic rings. The summed E-state index contributed by atoms with van der Waals surface area (Å²) in [4.78, 5) is 2.43. The minimum Gasteiger partial charge on any atom is -0.314 e. The van der Waals surface area contributed by atoms with Crippen LogP contribution in [0, 0.1) is 5.92 Å². The average Bonchev–Trinajstić information content (AvgIpc) is 2.99.